The maximum absolute atomic E-state index is 12.3. The molecular formula is C13H11BrClNO3S. The summed E-state index contributed by atoms with van der Waals surface area (Å²) >= 11 is 9.15. The maximum atomic E-state index is 12.3. The highest BCUT2D eigenvalue weighted by Gasteiger charge is 2.19. The molecule has 0 aromatic heterocycles. The summed E-state index contributed by atoms with van der Waals surface area (Å²) in [4.78, 5) is 12.1. The van der Waals surface area contributed by atoms with E-state index in [1.165, 1.54) is 18.2 Å². The molecule has 0 unspecified atom stereocenters. The molecule has 0 atom stereocenters. The number of sulfonamides is 1. The number of Topliss-reactive ketones (excluding diaryl/α,β-unsaturated/α-hetero) is 1. The van der Waals surface area contributed by atoms with E-state index in [-0.39, 0.29) is 21.3 Å². The van der Waals surface area contributed by atoms with Crippen molar-refractivity contribution in [2.45, 2.75) is 17.7 Å². The van der Waals surface area contributed by atoms with E-state index in [9.17, 15) is 13.2 Å². The average Bonchev–Trinajstić information content (AvgIpc) is 2.38. The van der Waals surface area contributed by atoms with E-state index in [2.05, 4.69) is 15.9 Å². The molecule has 0 spiro atoms. The highest BCUT2D eigenvalue weighted by Crippen LogP contribution is 2.27. The van der Waals surface area contributed by atoms with Crippen LogP contribution in [-0.4, -0.2) is 14.2 Å². The minimum Gasteiger partial charge on any atom is -0.289 e. The number of nitrogens with two attached hydrogens (primary N) is 1. The van der Waals surface area contributed by atoms with Gasteiger partial charge in [-0.2, -0.15) is 0 Å². The van der Waals surface area contributed by atoms with Crippen LogP contribution < -0.4 is 5.14 Å². The first-order valence-electron chi connectivity index (χ1n) is 5.69. The van der Waals surface area contributed by atoms with Gasteiger partial charge in [0, 0.05) is 11.1 Å². The van der Waals surface area contributed by atoms with Gasteiger partial charge in [-0.15, -0.1) is 0 Å². The van der Waals surface area contributed by atoms with Gasteiger partial charge in [-0.25, -0.2) is 13.6 Å². The molecule has 1 aliphatic rings. The van der Waals surface area contributed by atoms with Gasteiger partial charge < -0.3 is 0 Å². The molecule has 0 saturated heterocycles. The Labute approximate surface area is 130 Å². The molecule has 7 heteroatoms. The van der Waals surface area contributed by atoms with Crippen LogP contribution in [0.1, 0.15) is 23.2 Å². The van der Waals surface area contributed by atoms with Gasteiger partial charge in [0.25, 0.3) is 0 Å². The van der Waals surface area contributed by atoms with Crippen molar-refractivity contribution in [2.24, 2.45) is 5.14 Å². The zero-order chi connectivity index (χ0) is 14.9. The van der Waals surface area contributed by atoms with E-state index in [0.29, 0.717) is 18.4 Å². The molecule has 0 fully saturated rings. The number of allylic oxidation sites excluding steroid dienone is 4. The lowest BCUT2D eigenvalue weighted by Gasteiger charge is -2.11. The third kappa shape index (κ3) is 3.38. The third-order valence-corrected chi connectivity index (χ3v) is 4.92. The van der Waals surface area contributed by atoms with Crippen LogP contribution in [0.15, 0.2) is 45.3 Å². The Morgan fingerprint density at radius 2 is 1.95 bits per heavy atom. The first-order chi connectivity index (χ1) is 9.29. The molecule has 1 aromatic rings. The summed E-state index contributed by atoms with van der Waals surface area (Å²) in [7, 11) is -3.95. The van der Waals surface area contributed by atoms with E-state index >= 15 is 0 Å². The molecule has 0 radical (unpaired) electrons. The van der Waals surface area contributed by atoms with Gasteiger partial charge in [0.2, 0.25) is 10.0 Å². The number of primary sulfonamides is 1. The minimum absolute atomic E-state index is 0.00399. The summed E-state index contributed by atoms with van der Waals surface area (Å²) in [5, 5.41) is 5.07. The van der Waals surface area contributed by atoms with Crippen LogP contribution in [0.5, 0.6) is 0 Å². The standard InChI is InChI=1S/C13H11BrClNO3S/c14-10-4-1-8(2-5-10)13(17)9-3-6-11(15)12(7-9)20(16,18)19/h1,3,5-7H,2,4H2,(H2,16,18,19). The second kappa shape index (κ2) is 5.81. The molecule has 0 aliphatic heterocycles. The van der Waals surface area contributed by atoms with Gasteiger partial charge in [-0.05, 0) is 35.5 Å². The van der Waals surface area contributed by atoms with Crippen LogP contribution >= 0.6 is 27.5 Å². The van der Waals surface area contributed by atoms with Crippen LogP contribution in [-0.2, 0) is 10.0 Å². The van der Waals surface area contributed by atoms with Gasteiger partial charge in [0.15, 0.2) is 5.78 Å². The van der Waals surface area contributed by atoms with E-state index in [1.807, 2.05) is 12.2 Å². The van der Waals surface area contributed by atoms with E-state index < -0.39 is 10.0 Å². The minimum atomic E-state index is -3.95. The fourth-order valence-corrected chi connectivity index (χ4v) is 3.24. The molecule has 0 amide bonds. The Balaban J connectivity index is 2.37. The number of hydrogen-bond acceptors (Lipinski definition) is 3. The molecule has 0 bridgehead atoms. The lowest BCUT2D eigenvalue weighted by molar-refractivity contribution is 0.103. The van der Waals surface area contributed by atoms with Crippen molar-refractivity contribution in [3.63, 3.8) is 0 Å². The number of rotatable bonds is 3. The summed E-state index contributed by atoms with van der Waals surface area (Å²) in [5.41, 5.74) is 0.881. The second-order valence-electron chi connectivity index (χ2n) is 4.31. The highest BCUT2D eigenvalue weighted by atomic mass is 79.9. The lowest BCUT2D eigenvalue weighted by atomic mass is 9.97. The molecule has 0 saturated carbocycles. The molecule has 20 heavy (non-hydrogen) atoms. The number of carbonyl (C=O) groups is 1. The number of ketones is 1. The summed E-state index contributed by atoms with van der Waals surface area (Å²) in [5.74, 6) is -0.220. The Hall–Kier alpha value is -0.950. The monoisotopic (exact) mass is 375 g/mol. The third-order valence-electron chi connectivity index (χ3n) is 2.88. The fourth-order valence-electron chi connectivity index (χ4n) is 1.84. The van der Waals surface area contributed by atoms with E-state index in [1.54, 1.807) is 0 Å². The quantitative estimate of drug-likeness (QED) is 0.823. The van der Waals surface area contributed by atoms with Gasteiger partial charge in [0.05, 0.1) is 5.02 Å². The summed E-state index contributed by atoms with van der Waals surface area (Å²) in [6, 6.07) is 4.07. The molecule has 2 N–H and O–H groups in total. The summed E-state index contributed by atoms with van der Waals surface area (Å²) in [6.07, 6.45) is 4.88. The molecule has 106 valence electrons. The Morgan fingerprint density at radius 3 is 2.50 bits per heavy atom. The van der Waals surface area contributed by atoms with Crippen LogP contribution in [0.25, 0.3) is 0 Å². The van der Waals surface area contributed by atoms with E-state index in [0.717, 1.165) is 4.48 Å². The number of benzene rings is 1. The Kier molecular flexibility index (Phi) is 4.49. The van der Waals surface area contributed by atoms with Crippen molar-refractivity contribution in [2.75, 3.05) is 0 Å². The topological polar surface area (TPSA) is 77.2 Å². The van der Waals surface area contributed by atoms with Gasteiger partial charge >= 0.3 is 0 Å². The number of hydrogen-bond donors (Lipinski definition) is 1. The van der Waals surface area contributed by atoms with Crippen molar-refractivity contribution in [1.29, 1.82) is 0 Å². The van der Waals surface area contributed by atoms with Crippen LogP contribution in [0.3, 0.4) is 0 Å². The first kappa shape index (κ1) is 15.4. The number of halogens is 2. The number of carbonyl (C=O) groups excluding carboxylic acids is 1. The van der Waals surface area contributed by atoms with Crippen molar-refractivity contribution < 1.29 is 13.2 Å². The van der Waals surface area contributed by atoms with Gasteiger partial charge in [-0.3, -0.25) is 4.79 Å². The van der Waals surface area contributed by atoms with E-state index in [4.69, 9.17) is 16.7 Å². The van der Waals surface area contributed by atoms with Gasteiger partial charge in [-0.1, -0.05) is 39.7 Å². The average molecular weight is 377 g/mol. The highest BCUT2D eigenvalue weighted by molar-refractivity contribution is 9.11. The summed E-state index contributed by atoms with van der Waals surface area (Å²) in [6.45, 7) is 0. The largest absolute Gasteiger partial charge is 0.289 e. The fraction of sp³-hybridized carbons (Fsp3) is 0.154. The predicted molar refractivity (Wildman–Crippen MR) is 81.5 cm³/mol. The van der Waals surface area contributed by atoms with Crippen molar-refractivity contribution in [1.82, 2.24) is 0 Å². The molecule has 0 heterocycles. The summed E-state index contributed by atoms with van der Waals surface area (Å²) < 4.78 is 23.8. The van der Waals surface area contributed by atoms with Crippen LogP contribution in [0.2, 0.25) is 5.02 Å². The first-order valence-corrected chi connectivity index (χ1v) is 8.41. The Morgan fingerprint density at radius 1 is 1.25 bits per heavy atom. The lowest BCUT2D eigenvalue weighted by Crippen LogP contribution is -2.14. The van der Waals surface area contributed by atoms with Crippen LogP contribution in [0.4, 0.5) is 0 Å². The van der Waals surface area contributed by atoms with Gasteiger partial charge in [0.1, 0.15) is 4.90 Å². The smallest absolute Gasteiger partial charge is 0.239 e. The van der Waals surface area contributed by atoms with Crippen LogP contribution in [0, 0.1) is 0 Å². The molecule has 1 aliphatic carbocycles. The SMILES string of the molecule is NS(=O)(=O)c1cc(C(=O)C2=CCC(Br)=CC2)ccc1Cl. The maximum Gasteiger partial charge on any atom is 0.239 e. The van der Waals surface area contributed by atoms with Crippen molar-refractivity contribution in [3.05, 3.63) is 51.0 Å². The van der Waals surface area contributed by atoms with Crippen molar-refractivity contribution >= 4 is 43.3 Å². The zero-order valence-electron chi connectivity index (χ0n) is 10.3. The normalized spacial score (nSPS) is 15.6. The molecule has 1 aromatic carbocycles. The molecule has 4 nitrogen and oxygen atoms in total. The second-order valence-corrected chi connectivity index (χ2v) is 7.26. The Bertz CT molecular complexity index is 738. The molecule has 2 rings (SSSR count). The zero-order valence-corrected chi connectivity index (χ0v) is 13.4. The predicted octanol–water partition coefficient (Wildman–Crippen LogP) is 3.17. The molecular weight excluding hydrogens is 366 g/mol. The van der Waals surface area contributed by atoms with Crippen molar-refractivity contribution in [3.8, 4) is 0 Å².